The van der Waals surface area contributed by atoms with Crippen molar-refractivity contribution in [1.29, 1.82) is 0 Å². The van der Waals surface area contributed by atoms with Crippen LogP contribution in [0.1, 0.15) is 37.4 Å². The molecule has 1 aromatic heterocycles. The fourth-order valence-electron chi connectivity index (χ4n) is 4.14. The van der Waals surface area contributed by atoms with E-state index in [1.165, 1.54) is 49.2 Å². The number of H-pyrrole nitrogens is 1. The van der Waals surface area contributed by atoms with Crippen molar-refractivity contribution in [3.63, 3.8) is 0 Å². The molecule has 1 aromatic carbocycles. The Labute approximate surface area is 212 Å². The molecule has 15 heteroatoms. The SMILES string of the molecule is CC(=O)OC[C@H]1O[C@@H](n2cc(C3SCC(=O)N3c3cccc([N+](=O)[O-])c3)c(=O)[nH]c2=O)C[C@@H]1OC(C)=O. The van der Waals surface area contributed by atoms with Crippen molar-refractivity contribution in [2.75, 3.05) is 17.3 Å². The number of rotatable bonds is 7. The number of non-ortho nitro benzene ring substituents is 1. The van der Waals surface area contributed by atoms with Gasteiger partial charge in [0, 0.05) is 38.6 Å². The molecule has 1 amide bonds. The minimum absolute atomic E-state index is 0.00480. The van der Waals surface area contributed by atoms with E-state index in [2.05, 4.69) is 4.98 Å². The molecule has 0 radical (unpaired) electrons. The number of thioether (sulfide) groups is 1. The second-order valence-electron chi connectivity index (χ2n) is 8.27. The zero-order valence-electron chi connectivity index (χ0n) is 19.6. The molecule has 0 spiro atoms. The Morgan fingerprint density at radius 2 is 2.00 bits per heavy atom. The molecule has 4 atom stereocenters. The number of aromatic nitrogens is 2. The van der Waals surface area contributed by atoms with Crippen LogP contribution in [-0.2, 0) is 28.6 Å². The van der Waals surface area contributed by atoms with E-state index in [9.17, 15) is 34.1 Å². The third kappa shape index (κ3) is 5.56. The average molecular weight is 535 g/mol. The van der Waals surface area contributed by atoms with E-state index in [1.807, 2.05) is 0 Å². The predicted molar refractivity (Wildman–Crippen MR) is 128 cm³/mol. The van der Waals surface area contributed by atoms with Crippen LogP contribution in [0.15, 0.2) is 40.1 Å². The van der Waals surface area contributed by atoms with Crippen molar-refractivity contribution in [2.45, 2.75) is 44.1 Å². The number of nitro benzene ring substituents is 1. The molecule has 2 fully saturated rings. The zero-order valence-corrected chi connectivity index (χ0v) is 20.5. The van der Waals surface area contributed by atoms with Crippen LogP contribution >= 0.6 is 11.8 Å². The Bertz CT molecular complexity index is 1370. The number of nitrogens with zero attached hydrogens (tertiary/aromatic N) is 3. The number of carbonyl (C=O) groups is 3. The molecule has 37 heavy (non-hydrogen) atoms. The number of esters is 2. The van der Waals surface area contributed by atoms with Gasteiger partial charge in [-0.15, -0.1) is 11.8 Å². The van der Waals surface area contributed by atoms with Gasteiger partial charge >= 0.3 is 17.6 Å². The largest absolute Gasteiger partial charge is 0.463 e. The second kappa shape index (κ2) is 10.6. The third-order valence-corrected chi connectivity index (χ3v) is 6.90. The van der Waals surface area contributed by atoms with Gasteiger partial charge in [-0.1, -0.05) is 6.07 Å². The van der Waals surface area contributed by atoms with Crippen LogP contribution < -0.4 is 16.1 Å². The Kier molecular flexibility index (Phi) is 7.45. The first-order valence-corrected chi connectivity index (χ1v) is 12.1. The predicted octanol–water partition coefficient (Wildman–Crippen LogP) is 1.01. The number of aromatic amines is 1. The van der Waals surface area contributed by atoms with E-state index in [4.69, 9.17) is 14.2 Å². The molecule has 0 aliphatic carbocycles. The summed E-state index contributed by atoms with van der Waals surface area (Å²) in [5.74, 6) is -1.53. The van der Waals surface area contributed by atoms with Gasteiger partial charge in [0.25, 0.3) is 11.2 Å². The summed E-state index contributed by atoms with van der Waals surface area (Å²) in [6.45, 7) is 2.19. The lowest BCUT2D eigenvalue weighted by Crippen LogP contribution is -2.37. The van der Waals surface area contributed by atoms with Gasteiger partial charge in [0.1, 0.15) is 30.4 Å². The number of ether oxygens (including phenoxy) is 3. The van der Waals surface area contributed by atoms with Crippen LogP contribution in [0.2, 0.25) is 0 Å². The quantitative estimate of drug-likeness (QED) is 0.304. The van der Waals surface area contributed by atoms with Crippen molar-refractivity contribution in [3.8, 4) is 0 Å². The van der Waals surface area contributed by atoms with E-state index in [0.29, 0.717) is 0 Å². The lowest BCUT2D eigenvalue weighted by Gasteiger charge is -2.24. The van der Waals surface area contributed by atoms with Crippen LogP contribution in [0.5, 0.6) is 0 Å². The monoisotopic (exact) mass is 534 g/mol. The number of benzene rings is 1. The summed E-state index contributed by atoms with van der Waals surface area (Å²) in [6, 6.07) is 5.45. The van der Waals surface area contributed by atoms with Crippen molar-refractivity contribution >= 4 is 41.0 Å². The summed E-state index contributed by atoms with van der Waals surface area (Å²) in [6.07, 6.45) is -1.38. The molecule has 0 saturated carbocycles. The van der Waals surface area contributed by atoms with Gasteiger partial charge in [-0.3, -0.25) is 43.7 Å². The fraction of sp³-hybridized carbons (Fsp3) is 0.409. The lowest BCUT2D eigenvalue weighted by atomic mass is 10.2. The highest BCUT2D eigenvalue weighted by atomic mass is 32.2. The van der Waals surface area contributed by atoms with Crippen molar-refractivity contribution in [3.05, 3.63) is 67.0 Å². The number of hydrogen-bond acceptors (Lipinski definition) is 11. The molecule has 3 heterocycles. The highest BCUT2D eigenvalue weighted by Gasteiger charge is 2.41. The number of nitro groups is 1. The Morgan fingerprint density at radius 3 is 2.68 bits per heavy atom. The summed E-state index contributed by atoms with van der Waals surface area (Å²) >= 11 is 1.12. The van der Waals surface area contributed by atoms with Crippen LogP contribution in [-0.4, -0.2) is 56.9 Å². The first kappa shape index (κ1) is 26.1. The summed E-state index contributed by atoms with van der Waals surface area (Å²) in [5, 5.41) is 10.3. The number of hydrogen-bond donors (Lipinski definition) is 1. The molecule has 1 N–H and O–H groups in total. The fourth-order valence-corrected chi connectivity index (χ4v) is 5.31. The molecule has 196 valence electrons. The molecule has 2 aliphatic heterocycles. The van der Waals surface area contributed by atoms with Gasteiger partial charge in [-0.05, 0) is 6.07 Å². The van der Waals surface area contributed by atoms with Crippen LogP contribution in [0.3, 0.4) is 0 Å². The molecular weight excluding hydrogens is 512 g/mol. The normalized spacial score (nSPS) is 23.2. The van der Waals surface area contributed by atoms with E-state index in [1.54, 1.807) is 0 Å². The maximum Gasteiger partial charge on any atom is 0.330 e. The van der Waals surface area contributed by atoms with Crippen LogP contribution in [0.25, 0.3) is 0 Å². The Morgan fingerprint density at radius 1 is 1.24 bits per heavy atom. The van der Waals surface area contributed by atoms with Gasteiger partial charge < -0.3 is 14.2 Å². The van der Waals surface area contributed by atoms with Crippen molar-refractivity contribution in [1.82, 2.24) is 9.55 Å². The summed E-state index contributed by atoms with van der Waals surface area (Å²) in [7, 11) is 0. The van der Waals surface area contributed by atoms with Crippen molar-refractivity contribution < 1.29 is 33.5 Å². The van der Waals surface area contributed by atoms with Gasteiger partial charge in [0.05, 0.1) is 21.9 Å². The summed E-state index contributed by atoms with van der Waals surface area (Å²) in [4.78, 5) is 75.1. The first-order chi connectivity index (χ1) is 17.5. The minimum Gasteiger partial charge on any atom is -0.463 e. The van der Waals surface area contributed by atoms with E-state index < -0.39 is 51.9 Å². The van der Waals surface area contributed by atoms with Crippen LogP contribution in [0.4, 0.5) is 11.4 Å². The summed E-state index contributed by atoms with van der Waals surface area (Å²) in [5.41, 5.74) is -1.51. The van der Waals surface area contributed by atoms with E-state index >= 15 is 0 Å². The highest BCUT2D eigenvalue weighted by Crippen LogP contribution is 2.41. The average Bonchev–Trinajstić information content (AvgIpc) is 3.40. The number of amides is 1. The molecule has 2 aliphatic rings. The standard InChI is InChI=1S/C22H22N4O10S/c1-11(27)34-9-17-16(35-12(2)28)7-19(36-17)24-8-15(20(30)23-22(24)31)21-25(18(29)10-37-21)13-4-3-5-14(6-13)26(32)33/h3-6,8,16-17,19,21H,7,9-10H2,1-2H3,(H,23,30,31)/t16-,17+,19+,21?/m0/s1. The number of anilines is 1. The summed E-state index contributed by atoms with van der Waals surface area (Å²) < 4.78 is 17.2. The molecule has 0 bridgehead atoms. The first-order valence-electron chi connectivity index (χ1n) is 11.0. The zero-order chi connectivity index (χ0) is 26.9. The molecule has 4 rings (SSSR count). The van der Waals surface area contributed by atoms with Gasteiger partial charge in [0.15, 0.2) is 0 Å². The maximum atomic E-state index is 12.8. The molecule has 1 unspecified atom stereocenters. The lowest BCUT2D eigenvalue weighted by molar-refractivity contribution is -0.384. The maximum absolute atomic E-state index is 12.8. The molecule has 14 nitrogen and oxygen atoms in total. The second-order valence-corrected chi connectivity index (χ2v) is 9.34. The molecule has 2 saturated heterocycles. The Hall–Kier alpha value is -3.98. The van der Waals surface area contributed by atoms with Gasteiger partial charge in [-0.2, -0.15) is 0 Å². The topological polar surface area (TPSA) is 180 Å². The highest BCUT2D eigenvalue weighted by molar-refractivity contribution is 8.00. The number of nitrogens with one attached hydrogen (secondary N) is 1. The third-order valence-electron chi connectivity index (χ3n) is 5.71. The van der Waals surface area contributed by atoms with Crippen molar-refractivity contribution in [2.24, 2.45) is 0 Å². The van der Waals surface area contributed by atoms with E-state index in [-0.39, 0.29) is 41.6 Å². The van der Waals surface area contributed by atoms with Gasteiger partial charge in [-0.25, -0.2) is 4.79 Å². The van der Waals surface area contributed by atoms with E-state index in [0.717, 1.165) is 16.3 Å². The number of carbonyl (C=O) groups excluding carboxylic acids is 3. The Balaban J connectivity index is 1.68. The minimum atomic E-state index is -0.985. The smallest absolute Gasteiger partial charge is 0.330 e. The molecule has 2 aromatic rings. The molecular formula is C22H22N4O10S. The van der Waals surface area contributed by atoms with Crippen LogP contribution in [0, 0.1) is 10.1 Å². The van der Waals surface area contributed by atoms with Gasteiger partial charge in [0.2, 0.25) is 5.91 Å².